The zero-order chi connectivity index (χ0) is 22.4. The van der Waals surface area contributed by atoms with Crippen molar-refractivity contribution in [1.29, 1.82) is 0 Å². The molecule has 1 amide bonds. The lowest BCUT2D eigenvalue weighted by Crippen LogP contribution is -2.30. The Balaban J connectivity index is 1.63. The molecule has 1 atom stereocenters. The van der Waals surface area contributed by atoms with Crippen LogP contribution in [0.15, 0.2) is 39.1 Å². The number of hydrogen-bond acceptors (Lipinski definition) is 7. The number of thioether (sulfide) groups is 1. The number of nitrogens with one attached hydrogen (secondary N) is 2. The molecular formula is C19H27N5O5S2. The molecule has 1 aliphatic rings. The van der Waals surface area contributed by atoms with E-state index in [9.17, 15) is 18.0 Å². The minimum atomic E-state index is -3.62. The number of aromatic nitrogens is 3. The van der Waals surface area contributed by atoms with E-state index in [1.54, 1.807) is 26.0 Å². The van der Waals surface area contributed by atoms with Crippen LogP contribution in [0.2, 0.25) is 0 Å². The first-order valence-corrected chi connectivity index (χ1v) is 12.6. The number of benzene rings is 1. The van der Waals surface area contributed by atoms with Crippen molar-refractivity contribution >= 4 is 33.4 Å². The molecule has 1 aromatic carbocycles. The molecule has 12 heteroatoms. The molecule has 3 rings (SSSR count). The summed E-state index contributed by atoms with van der Waals surface area (Å²) in [6.07, 6.45) is 1.82. The highest BCUT2D eigenvalue weighted by atomic mass is 32.2. The normalized spacial score (nSPS) is 16.7. The average Bonchev–Trinajstić information content (AvgIpc) is 3.38. The van der Waals surface area contributed by atoms with Crippen LogP contribution in [0.25, 0.3) is 0 Å². The van der Waals surface area contributed by atoms with Crippen molar-refractivity contribution in [3.63, 3.8) is 0 Å². The molecule has 1 aliphatic heterocycles. The average molecular weight is 470 g/mol. The van der Waals surface area contributed by atoms with Crippen molar-refractivity contribution in [3.8, 4) is 0 Å². The van der Waals surface area contributed by atoms with E-state index in [1.807, 2.05) is 0 Å². The van der Waals surface area contributed by atoms with Gasteiger partial charge in [0.05, 0.1) is 23.3 Å². The number of nitrogens with zero attached hydrogens (tertiary/aromatic N) is 3. The van der Waals surface area contributed by atoms with E-state index < -0.39 is 10.0 Å². The number of carbonyl (C=O) groups is 1. The van der Waals surface area contributed by atoms with Gasteiger partial charge in [-0.15, -0.1) is 5.10 Å². The molecule has 0 aliphatic carbocycles. The Hall–Kier alpha value is -2.15. The van der Waals surface area contributed by atoms with E-state index in [2.05, 4.69) is 15.5 Å². The van der Waals surface area contributed by atoms with Gasteiger partial charge in [0.2, 0.25) is 15.9 Å². The molecule has 1 unspecified atom stereocenters. The second-order valence-corrected chi connectivity index (χ2v) is 9.89. The minimum Gasteiger partial charge on any atom is -0.376 e. The van der Waals surface area contributed by atoms with Gasteiger partial charge in [0.25, 0.3) is 0 Å². The van der Waals surface area contributed by atoms with Crippen LogP contribution in [-0.2, 0) is 26.1 Å². The number of hydrogen-bond donors (Lipinski definition) is 2. The van der Waals surface area contributed by atoms with Gasteiger partial charge in [-0.05, 0) is 31.0 Å². The Morgan fingerprint density at radius 3 is 2.84 bits per heavy atom. The summed E-state index contributed by atoms with van der Waals surface area (Å²) in [5.41, 5.74) is 0.0466. The molecular weight excluding hydrogens is 442 g/mol. The maximum atomic E-state index is 12.7. The molecule has 1 saturated heterocycles. The van der Waals surface area contributed by atoms with E-state index in [0.29, 0.717) is 37.1 Å². The standard InChI is InChI=1S/C19H27N5O5S2/c1-3-23(4-2)31(27,28)16-9-5-7-14(11-16)20-17(25)13-30-19-22-21-18(26)24(19)12-15-8-6-10-29-15/h5,7,9,11,15H,3-4,6,8,10,12-13H2,1-2H3,(H,20,25)(H,21,26). The highest BCUT2D eigenvalue weighted by Gasteiger charge is 2.22. The van der Waals surface area contributed by atoms with Gasteiger partial charge in [0.1, 0.15) is 0 Å². The topological polar surface area (TPSA) is 126 Å². The van der Waals surface area contributed by atoms with Gasteiger partial charge in [0, 0.05) is 25.4 Å². The second-order valence-electron chi connectivity index (χ2n) is 7.01. The van der Waals surface area contributed by atoms with Crippen molar-refractivity contribution in [2.24, 2.45) is 0 Å². The van der Waals surface area contributed by atoms with Gasteiger partial charge in [-0.1, -0.05) is 31.7 Å². The maximum absolute atomic E-state index is 12.7. The summed E-state index contributed by atoms with van der Waals surface area (Å²) in [7, 11) is -3.62. The highest BCUT2D eigenvalue weighted by molar-refractivity contribution is 7.99. The lowest BCUT2D eigenvalue weighted by Gasteiger charge is -2.18. The van der Waals surface area contributed by atoms with Crippen LogP contribution < -0.4 is 11.0 Å². The van der Waals surface area contributed by atoms with Crippen molar-refractivity contribution in [1.82, 2.24) is 19.1 Å². The molecule has 2 aromatic rings. The van der Waals surface area contributed by atoms with E-state index >= 15 is 0 Å². The van der Waals surface area contributed by atoms with Crippen LogP contribution in [-0.4, -0.2) is 64.9 Å². The van der Waals surface area contributed by atoms with Gasteiger partial charge < -0.3 is 10.1 Å². The third-order valence-electron chi connectivity index (χ3n) is 4.93. The van der Waals surface area contributed by atoms with Gasteiger partial charge in [-0.2, -0.15) is 4.31 Å². The minimum absolute atomic E-state index is 0.0167. The van der Waals surface area contributed by atoms with Crippen LogP contribution in [0.5, 0.6) is 0 Å². The quantitative estimate of drug-likeness (QED) is 0.505. The van der Waals surface area contributed by atoms with Crippen molar-refractivity contribution in [3.05, 3.63) is 34.7 Å². The van der Waals surface area contributed by atoms with Gasteiger partial charge >= 0.3 is 5.69 Å². The number of anilines is 1. The molecule has 1 aromatic heterocycles. The molecule has 0 bridgehead atoms. The molecule has 1 fully saturated rings. The monoisotopic (exact) mass is 469 g/mol. The molecule has 0 spiro atoms. The molecule has 0 radical (unpaired) electrons. The fourth-order valence-electron chi connectivity index (χ4n) is 3.34. The summed E-state index contributed by atoms with van der Waals surface area (Å²) < 4.78 is 33.8. The van der Waals surface area contributed by atoms with Crippen LogP contribution in [0.4, 0.5) is 5.69 Å². The molecule has 2 heterocycles. The lowest BCUT2D eigenvalue weighted by molar-refractivity contribution is -0.113. The first kappa shape index (κ1) is 23.5. The first-order chi connectivity index (χ1) is 14.8. The Morgan fingerprint density at radius 1 is 1.39 bits per heavy atom. The lowest BCUT2D eigenvalue weighted by atomic mass is 10.2. The summed E-state index contributed by atoms with van der Waals surface area (Å²) in [4.78, 5) is 24.6. The predicted molar refractivity (Wildman–Crippen MR) is 118 cm³/mol. The van der Waals surface area contributed by atoms with E-state index in [-0.39, 0.29) is 28.3 Å². The van der Waals surface area contributed by atoms with Crippen LogP contribution in [0.1, 0.15) is 26.7 Å². The Bertz CT molecular complexity index is 1060. The summed E-state index contributed by atoms with van der Waals surface area (Å²) in [6.45, 7) is 5.36. The fraction of sp³-hybridized carbons (Fsp3) is 0.526. The van der Waals surface area contributed by atoms with Gasteiger partial charge in [-0.25, -0.2) is 18.3 Å². The third-order valence-corrected chi connectivity index (χ3v) is 7.95. The first-order valence-electron chi connectivity index (χ1n) is 10.1. The number of aromatic amines is 1. The van der Waals surface area contributed by atoms with Crippen molar-refractivity contribution in [2.75, 3.05) is 30.8 Å². The Kier molecular flexibility index (Phi) is 7.92. The molecule has 170 valence electrons. The fourth-order valence-corrected chi connectivity index (χ4v) is 5.60. The number of carbonyl (C=O) groups excluding carboxylic acids is 1. The number of amides is 1. The number of ether oxygens (including phenoxy) is 1. The number of sulfonamides is 1. The third kappa shape index (κ3) is 5.76. The molecule has 31 heavy (non-hydrogen) atoms. The van der Waals surface area contributed by atoms with Gasteiger partial charge in [-0.3, -0.25) is 9.36 Å². The summed E-state index contributed by atoms with van der Waals surface area (Å²) in [6, 6.07) is 6.17. The van der Waals surface area contributed by atoms with Crippen LogP contribution in [0.3, 0.4) is 0 Å². The molecule has 2 N–H and O–H groups in total. The number of H-pyrrole nitrogens is 1. The van der Waals surface area contributed by atoms with Crippen molar-refractivity contribution in [2.45, 2.75) is 49.4 Å². The number of rotatable bonds is 10. The Morgan fingerprint density at radius 2 is 2.16 bits per heavy atom. The molecule has 10 nitrogen and oxygen atoms in total. The van der Waals surface area contributed by atoms with Crippen LogP contribution in [0, 0.1) is 0 Å². The second kappa shape index (κ2) is 10.4. The van der Waals surface area contributed by atoms with E-state index in [4.69, 9.17) is 4.74 Å². The van der Waals surface area contributed by atoms with Gasteiger partial charge in [0.15, 0.2) is 5.16 Å². The highest BCUT2D eigenvalue weighted by Crippen LogP contribution is 2.21. The SMILES string of the molecule is CCN(CC)S(=O)(=O)c1cccc(NC(=O)CSc2n[nH]c(=O)n2CC2CCCO2)c1. The summed E-state index contributed by atoms with van der Waals surface area (Å²) in [5, 5.41) is 9.51. The summed E-state index contributed by atoms with van der Waals surface area (Å²) >= 11 is 1.13. The zero-order valence-electron chi connectivity index (χ0n) is 17.5. The zero-order valence-corrected chi connectivity index (χ0v) is 19.2. The maximum Gasteiger partial charge on any atom is 0.344 e. The smallest absolute Gasteiger partial charge is 0.344 e. The predicted octanol–water partition coefficient (Wildman–Crippen LogP) is 1.51. The van der Waals surface area contributed by atoms with Crippen LogP contribution >= 0.6 is 11.8 Å². The van der Waals surface area contributed by atoms with E-state index in [1.165, 1.54) is 21.0 Å². The van der Waals surface area contributed by atoms with Crippen molar-refractivity contribution < 1.29 is 17.9 Å². The molecule has 0 saturated carbocycles. The largest absolute Gasteiger partial charge is 0.376 e. The summed E-state index contributed by atoms with van der Waals surface area (Å²) in [5.74, 6) is -0.315. The Labute approximate surface area is 185 Å². The van der Waals surface area contributed by atoms with E-state index in [0.717, 1.165) is 24.6 Å².